The van der Waals surface area contributed by atoms with E-state index in [1.54, 1.807) is 0 Å². The molecule has 0 heterocycles. The summed E-state index contributed by atoms with van der Waals surface area (Å²) in [4.78, 5) is 54.2. The van der Waals surface area contributed by atoms with Crippen LogP contribution in [-0.2, 0) is 45.8 Å². The number of hydrogen-bond acceptors (Lipinski definition) is 8. The molecule has 14 heteroatoms. The summed E-state index contributed by atoms with van der Waals surface area (Å²) in [6, 6.07) is 0. The molecule has 0 amide bonds. The van der Waals surface area contributed by atoms with Gasteiger partial charge in [-0.1, -0.05) is 0 Å². The van der Waals surface area contributed by atoms with E-state index in [-0.39, 0.29) is 68.5 Å². The van der Waals surface area contributed by atoms with Crippen molar-refractivity contribution in [2.45, 2.75) is 0 Å². The van der Waals surface area contributed by atoms with E-state index in [4.69, 9.17) is 59.4 Å². The molecule has 0 aliphatic heterocycles. The van der Waals surface area contributed by atoms with Gasteiger partial charge in [0.15, 0.2) is 11.9 Å². The first-order chi connectivity index (χ1) is 7.93. The van der Waals surface area contributed by atoms with Crippen molar-refractivity contribution in [2.24, 2.45) is 0 Å². The minimum Gasteiger partial charge on any atom is -0.539 e. The molecule has 0 unspecified atom stereocenters. The molecule has 0 aromatic carbocycles. The number of aliphatic carboxylic acids is 6. The number of hydrogen-bond donors (Lipinski definition) is 4. The number of carboxylic acids is 6. The maximum Gasteiger partial charge on any atom is 3.00 e. The van der Waals surface area contributed by atoms with E-state index in [0.717, 1.165) is 0 Å². The fraction of sp³-hybridized carbons (Fsp3) is 0. The molecule has 0 aromatic heterocycles. The average Bonchev–Trinajstić information content (AvgIpc) is 2.18. The van der Waals surface area contributed by atoms with Crippen LogP contribution in [0.1, 0.15) is 0 Å². The third-order valence-corrected chi connectivity index (χ3v) is 0.532. The van der Waals surface area contributed by atoms with Crippen LogP contribution < -0.4 is 61.6 Å². The summed E-state index contributed by atoms with van der Waals surface area (Å²) in [5, 5.41) is 47.4. The fourth-order valence-corrected chi connectivity index (χ4v) is 0. The van der Waals surface area contributed by atoms with Crippen molar-refractivity contribution in [1.82, 2.24) is 0 Å². The molecule has 0 aromatic rings. The first-order valence-electron chi connectivity index (χ1n) is 3.28. The van der Waals surface area contributed by atoms with Crippen LogP contribution in [0.25, 0.3) is 0 Å². The predicted octanol–water partition coefficient (Wildman–Crippen LogP) is -8.20. The minimum absolute atomic E-state index is 0. The maximum atomic E-state index is 9.10. The normalized spacial score (nSPS) is 6.60. The third kappa shape index (κ3) is 36.0. The summed E-state index contributed by atoms with van der Waals surface area (Å²) in [6.45, 7) is 0. The third-order valence-electron chi connectivity index (χ3n) is 0.532. The minimum atomic E-state index is -2.07. The SMILES string of the molecule is O=C(O)C(=O)O.O=C([O-])C(=O)O.O=C([O-])C(=O)O.[Fe+3].[K+]. The number of carbonyl (C=O) groups excluding carboxylic acids is 2. The van der Waals surface area contributed by atoms with Crippen LogP contribution in [0.5, 0.6) is 0 Å². The molecule has 1 radical (unpaired) electrons. The molecular formula is C6H4FeKO12+2. The molecule has 0 atom stereocenters. The Morgan fingerprint density at radius 2 is 0.650 bits per heavy atom. The van der Waals surface area contributed by atoms with Gasteiger partial charge in [-0.2, -0.15) is 0 Å². The van der Waals surface area contributed by atoms with Gasteiger partial charge < -0.3 is 40.2 Å². The standard InChI is InChI=1S/3C2H2O4.Fe.K/c3*3-1(4)2(5)6;;/h3*(H,3,4)(H,5,6);;/q;;;+3;+1/p-2. The van der Waals surface area contributed by atoms with Gasteiger partial charge in [-0.15, -0.1) is 0 Å². The van der Waals surface area contributed by atoms with E-state index in [0.29, 0.717) is 0 Å². The second kappa shape index (κ2) is 18.0. The van der Waals surface area contributed by atoms with Gasteiger partial charge in [0.25, 0.3) is 0 Å². The van der Waals surface area contributed by atoms with Gasteiger partial charge in [-0.25, -0.2) is 19.2 Å². The van der Waals surface area contributed by atoms with Crippen molar-refractivity contribution in [2.75, 3.05) is 0 Å². The Labute approximate surface area is 162 Å². The summed E-state index contributed by atoms with van der Waals surface area (Å²) < 4.78 is 0. The second-order valence-corrected chi connectivity index (χ2v) is 1.80. The molecule has 0 aliphatic carbocycles. The topological polar surface area (TPSA) is 229 Å². The molecule has 0 fully saturated rings. The summed E-state index contributed by atoms with van der Waals surface area (Å²) in [5.41, 5.74) is 0. The van der Waals surface area contributed by atoms with Crippen molar-refractivity contribution >= 4 is 35.8 Å². The maximum absolute atomic E-state index is 9.10. The summed E-state index contributed by atoms with van der Waals surface area (Å²) in [7, 11) is 0. The van der Waals surface area contributed by atoms with E-state index in [2.05, 4.69) is 0 Å². The van der Waals surface area contributed by atoms with Gasteiger partial charge in [0.1, 0.15) is 0 Å². The van der Waals surface area contributed by atoms with Crippen molar-refractivity contribution in [3.05, 3.63) is 0 Å². The first kappa shape index (κ1) is 31.4. The Balaban J connectivity index is -0.0000000536. The van der Waals surface area contributed by atoms with Crippen LogP contribution in [0.2, 0.25) is 0 Å². The Morgan fingerprint density at radius 1 is 0.550 bits per heavy atom. The zero-order valence-corrected chi connectivity index (χ0v) is 13.6. The molecule has 0 rings (SSSR count). The number of carbonyl (C=O) groups is 6. The molecule has 0 bridgehead atoms. The van der Waals surface area contributed by atoms with Crippen LogP contribution in [0, 0.1) is 0 Å². The van der Waals surface area contributed by atoms with E-state index in [1.807, 2.05) is 0 Å². The molecule has 0 saturated heterocycles. The van der Waals surface area contributed by atoms with Crippen LogP contribution in [0.4, 0.5) is 0 Å². The number of carboxylic acid groups (broad SMARTS) is 6. The van der Waals surface area contributed by atoms with Crippen LogP contribution >= 0.6 is 0 Å². The van der Waals surface area contributed by atoms with Crippen LogP contribution in [0.15, 0.2) is 0 Å². The van der Waals surface area contributed by atoms with E-state index in [9.17, 15) is 0 Å². The van der Waals surface area contributed by atoms with Gasteiger partial charge in [-0.3, -0.25) is 0 Å². The van der Waals surface area contributed by atoms with Crippen LogP contribution in [0.3, 0.4) is 0 Å². The Bertz CT molecular complexity index is 283. The summed E-state index contributed by atoms with van der Waals surface area (Å²) in [6.07, 6.45) is 0. The zero-order chi connectivity index (χ0) is 15.5. The predicted molar refractivity (Wildman–Crippen MR) is 40.6 cm³/mol. The smallest absolute Gasteiger partial charge is 0.539 e. The molecule has 107 valence electrons. The van der Waals surface area contributed by atoms with Gasteiger partial charge >= 0.3 is 92.3 Å². The molecule has 12 nitrogen and oxygen atoms in total. The Morgan fingerprint density at radius 3 is 0.650 bits per heavy atom. The van der Waals surface area contributed by atoms with Gasteiger partial charge in [0.2, 0.25) is 0 Å². The number of rotatable bonds is 0. The van der Waals surface area contributed by atoms with E-state index >= 15 is 0 Å². The fourth-order valence-electron chi connectivity index (χ4n) is 0. The van der Waals surface area contributed by atoms with Crippen molar-refractivity contribution in [1.29, 1.82) is 0 Å². The summed E-state index contributed by atoms with van der Waals surface area (Å²) >= 11 is 0. The quantitative estimate of drug-likeness (QED) is 0.232. The molecule has 0 spiro atoms. The van der Waals surface area contributed by atoms with Crippen LogP contribution in [-0.4, -0.2) is 56.2 Å². The Kier molecular flexibility index (Phi) is 28.2. The molecular weight excluding hydrogens is 359 g/mol. The van der Waals surface area contributed by atoms with Gasteiger partial charge in [0.05, 0.1) is 0 Å². The monoisotopic (exact) mass is 363 g/mol. The largest absolute Gasteiger partial charge is 3.00 e. The van der Waals surface area contributed by atoms with Gasteiger partial charge in [0, 0.05) is 0 Å². The van der Waals surface area contributed by atoms with Crippen molar-refractivity contribution in [3.8, 4) is 0 Å². The van der Waals surface area contributed by atoms with E-state index in [1.165, 1.54) is 0 Å². The first-order valence-corrected chi connectivity index (χ1v) is 3.28. The van der Waals surface area contributed by atoms with Crippen molar-refractivity contribution < 1.29 is 128 Å². The molecule has 4 N–H and O–H groups in total. The average molecular weight is 363 g/mol. The molecule has 0 saturated carbocycles. The van der Waals surface area contributed by atoms with Gasteiger partial charge in [-0.05, 0) is 0 Å². The Hall–Kier alpha value is -1.02. The molecule has 0 aliphatic rings. The molecule has 20 heavy (non-hydrogen) atoms. The van der Waals surface area contributed by atoms with E-state index < -0.39 is 35.8 Å². The van der Waals surface area contributed by atoms with Crippen molar-refractivity contribution in [3.63, 3.8) is 0 Å². The summed E-state index contributed by atoms with van der Waals surface area (Å²) in [5.74, 6) is -11.7. The zero-order valence-electron chi connectivity index (χ0n) is 9.41. The second-order valence-electron chi connectivity index (χ2n) is 1.80.